The number of rotatable bonds is 8. The number of hydrogen-bond acceptors (Lipinski definition) is 7. The van der Waals surface area contributed by atoms with Crippen LogP contribution in [0.25, 0.3) is 0 Å². The van der Waals surface area contributed by atoms with Crippen LogP contribution in [0.3, 0.4) is 0 Å². The molecule has 4 saturated carbocycles. The fourth-order valence-electron chi connectivity index (χ4n) is 6.51. The maximum Gasteiger partial charge on any atom is 0.160 e. The van der Waals surface area contributed by atoms with E-state index in [1.165, 1.54) is 38.5 Å². The van der Waals surface area contributed by atoms with Crippen LogP contribution in [0.1, 0.15) is 44.1 Å². The molecule has 4 N–H and O–H groups in total. The van der Waals surface area contributed by atoms with Crippen molar-refractivity contribution in [2.75, 3.05) is 37.1 Å². The van der Waals surface area contributed by atoms with Crippen LogP contribution in [-0.2, 0) is 6.42 Å². The Bertz CT molecular complexity index is 912. The van der Waals surface area contributed by atoms with E-state index in [0.717, 1.165) is 47.1 Å². The van der Waals surface area contributed by atoms with Crippen molar-refractivity contribution in [2.24, 2.45) is 17.8 Å². The largest absolute Gasteiger partial charge is 0.493 e. The monoisotopic (exact) mass is 423 g/mol. The number of anilines is 3. The molecule has 4 bridgehead atoms. The second-order valence-corrected chi connectivity index (χ2v) is 9.67. The van der Waals surface area contributed by atoms with Gasteiger partial charge in [0.05, 0.1) is 14.2 Å². The summed E-state index contributed by atoms with van der Waals surface area (Å²) in [6, 6.07) is 5.98. The van der Waals surface area contributed by atoms with Gasteiger partial charge in [0, 0.05) is 12.1 Å². The van der Waals surface area contributed by atoms with E-state index in [-0.39, 0.29) is 5.54 Å². The van der Waals surface area contributed by atoms with Crippen molar-refractivity contribution in [3.63, 3.8) is 0 Å². The van der Waals surface area contributed by atoms with Crippen LogP contribution in [0, 0.1) is 17.8 Å². The zero-order valence-corrected chi connectivity index (χ0v) is 18.5. The molecule has 4 aliphatic rings. The molecule has 31 heavy (non-hydrogen) atoms. The molecule has 0 radical (unpaired) electrons. The summed E-state index contributed by atoms with van der Waals surface area (Å²) in [7, 11) is 3.30. The van der Waals surface area contributed by atoms with Gasteiger partial charge in [0.25, 0.3) is 0 Å². The van der Waals surface area contributed by atoms with Crippen LogP contribution < -0.4 is 25.8 Å². The van der Waals surface area contributed by atoms with Crippen LogP contribution in [0.2, 0.25) is 0 Å². The van der Waals surface area contributed by atoms with Crippen molar-refractivity contribution in [2.45, 2.75) is 50.5 Å². The number of ether oxygens (including phenoxy) is 2. The van der Waals surface area contributed by atoms with Crippen molar-refractivity contribution in [3.05, 3.63) is 30.1 Å². The average Bonchev–Trinajstić information content (AvgIpc) is 2.75. The first-order valence-corrected chi connectivity index (χ1v) is 11.4. The Morgan fingerprint density at radius 3 is 2.26 bits per heavy atom. The van der Waals surface area contributed by atoms with E-state index in [2.05, 4.69) is 20.6 Å². The Hall–Kier alpha value is -2.70. The number of nitrogen functional groups attached to an aromatic ring is 1. The van der Waals surface area contributed by atoms with E-state index in [9.17, 15) is 0 Å². The van der Waals surface area contributed by atoms with Gasteiger partial charge in [-0.25, -0.2) is 9.97 Å². The van der Waals surface area contributed by atoms with Gasteiger partial charge in [-0.3, -0.25) is 0 Å². The summed E-state index contributed by atoms with van der Waals surface area (Å²) in [6.45, 7) is 0.716. The summed E-state index contributed by atoms with van der Waals surface area (Å²) in [5.74, 6) is 5.58. The molecule has 0 amide bonds. The normalized spacial score (nSPS) is 28.4. The third kappa shape index (κ3) is 3.98. The second kappa shape index (κ2) is 8.09. The highest BCUT2D eigenvalue weighted by atomic mass is 16.5. The number of nitrogens with zero attached hydrogens (tertiary/aromatic N) is 2. The lowest BCUT2D eigenvalue weighted by Gasteiger charge is -2.57. The van der Waals surface area contributed by atoms with Gasteiger partial charge in [0.1, 0.15) is 12.0 Å². The van der Waals surface area contributed by atoms with Gasteiger partial charge in [-0.1, -0.05) is 6.07 Å². The lowest BCUT2D eigenvalue weighted by atomic mass is 9.53. The van der Waals surface area contributed by atoms with E-state index in [0.29, 0.717) is 18.1 Å². The molecule has 166 valence electrons. The van der Waals surface area contributed by atoms with E-state index < -0.39 is 0 Å². The lowest BCUT2D eigenvalue weighted by molar-refractivity contribution is 0.0106. The average molecular weight is 424 g/mol. The van der Waals surface area contributed by atoms with Crippen LogP contribution in [0.4, 0.5) is 17.3 Å². The number of nitrogens with one attached hydrogen (secondary N) is 2. The minimum absolute atomic E-state index is 0.175. The molecule has 1 aromatic heterocycles. The summed E-state index contributed by atoms with van der Waals surface area (Å²) in [5.41, 5.74) is 8.44. The quantitative estimate of drug-likeness (QED) is 0.588. The molecular weight excluding hydrogens is 390 g/mol. The minimum Gasteiger partial charge on any atom is -0.493 e. The molecule has 0 spiro atoms. The van der Waals surface area contributed by atoms with Crippen molar-refractivity contribution in [3.8, 4) is 11.5 Å². The van der Waals surface area contributed by atoms with E-state index >= 15 is 0 Å². The highest BCUT2D eigenvalue weighted by Crippen LogP contribution is 2.56. The summed E-state index contributed by atoms with van der Waals surface area (Å²) < 4.78 is 10.7. The molecule has 7 heteroatoms. The van der Waals surface area contributed by atoms with Crippen LogP contribution in [0.15, 0.2) is 24.5 Å². The predicted molar refractivity (Wildman–Crippen MR) is 123 cm³/mol. The highest BCUT2D eigenvalue weighted by Gasteiger charge is 2.51. The molecule has 0 saturated heterocycles. The molecule has 0 unspecified atom stereocenters. The molecule has 4 fully saturated rings. The van der Waals surface area contributed by atoms with Gasteiger partial charge < -0.3 is 25.8 Å². The van der Waals surface area contributed by atoms with Crippen molar-refractivity contribution in [1.82, 2.24) is 9.97 Å². The van der Waals surface area contributed by atoms with E-state index in [1.807, 2.05) is 18.2 Å². The fraction of sp³-hybridized carbons (Fsp3) is 0.583. The fourth-order valence-corrected chi connectivity index (χ4v) is 6.51. The minimum atomic E-state index is 0.175. The van der Waals surface area contributed by atoms with Gasteiger partial charge in [0.2, 0.25) is 0 Å². The topological polar surface area (TPSA) is 94.3 Å². The summed E-state index contributed by atoms with van der Waals surface area (Å²) in [4.78, 5) is 8.90. The molecule has 1 heterocycles. The Labute approximate surface area is 184 Å². The maximum atomic E-state index is 6.49. The zero-order valence-electron chi connectivity index (χ0n) is 18.5. The molecule has 7 nitrogen and oxygen atoms in total. The molecule has 0 aliphatic heterocycles. The summed E-state index contributed by atoms with van der Waals surface area (Å²) in [5, 5.41) is 7.17. The molecule has 0 atom stereocenters. The van der Waals surface area contributed by atoms with Crippen molar-refractivity contribution >= 4 is 17.3 Å². The molecule has 6 rings (SSSR count). The zero-order chi connectivity index (χ0) is 21.4. The van der Waals surface area contributed by atoms with Gasteiger partial charge in [0.15, 0.2) is 23.1 Å². The summed E-state index contributed by atoms with van der Waals surface area (Å²) in [6.07, 6.45) is 10.5. The number of nitrogens with two attached hydrogens (primary N) is 1. The first-order valence-electron chi connectivity index (χ1n) is 11.4. The smallest absolute Gasteiger partial charge is 0.160 e. The standard InChI is InChI=1S/C24H33N5O2/c1-30-19-4-3-15(10-20(19)31-2)5-6-26-22-21(25)23(28-14-27-22)29-24-11-16-7-17(12-24)9-18(8-16)13-24/h3-4,10,14,16-18H,5-9,11-13,25H2,1-2H3,(H2,26,27,28,29). The summed E-state index contributed by atoms with van der Waals surface area (Å²) >= 11 is 0. The SMILES string of the molecule is COc1ccc(CCNc2ncnc(NC34CC5CC(CC(C5)C3)C4)c2N)cc1OC. The highest BCUT2D eigenvalue weighted by molar-refractivity contribution is 5.74. The molecular formula is C24H33N5O2. The maximum absolute atomic E-state index is 6.49. The molecule has 4 aliphatic carbocycles. The number of aromatic nitrogens is 2. The third-order valence-corrected chi connectivity index (χ3v) is 7.46. The lowest BCUT2D eigenvalue weighted by Crippen LogP contribution is -2.55. The number of hydrogen-bond donors (Lipinski definition) is 3. The first-order chi connectivity index (χ1) is 15.1. The van der Waals surface area contributed by atoms with Crippen LogP contribution in [-0.4, -0.2) is 36.3 Å². The first kappa shape index (κ1) is 20.2. The van der Waals surface area contributed by atoms with Crippen molar-refractivity contribution < 1.29 is 9.47 Å². The van der Waals surface area contributed by atoms with Gasteiger partial charge in [-0.05, 0) is 80.4 Å². The third-order valence-electron chi connectivity index (χ3n) is 7.46. The van der Waals surface area contributed by atoms with E-state index in [1.54, 1.807) is 20.5 Å². The Kier molecular flexibility index (Phi) is 5.28. The predicted octanol–water partition coefficient (Wildman–Crippen LogP) is 4.11. The van der Waals surface area contributed by atoms with Gasteiger partial charge >= 0.3 is 0 Å². The Morgan fingerprint density at radius 1 is 0.968 bits per heavy atom. The molecule has 2 aromatic rings. The molecule has 1 aromatic carbocycles. The van der Waals surface area contributed by atoms with Gasteiger partial charge in [-0.15, -0.1) is 0 Å². The second-order valence-electron chi connectivity index (χ2n) is 9.67. The Morgan fingerprint density at radius 2 is 1.61 bits per heavy atom. The van der Waals surface area contributed by atoms with Crippen LogP contribution >= 0.6 is 0 Å². The van der Waals surface area contributed by atoms with Crippen LogP contribution in [0.5, 0.6) is 11.5 Å². The Balaban J connectivity index is 1.24. The number of methoxy groups -OCH3 is 2. The van der Waals surface area contributed by atoms with E-state index in [4.69, 9.17) is 15.2 Å². The van der Waals surface area contributed by atoms with Crippen molar-refractivity contribution in [1.29, 1.82) is 0 Å². The van der Waals surface area contributed by atoms with Gasteiger partial charge in [-0.2, -0.15) is 0 Å². The number of benzene rings is 1.